The number of fused-ring (bicyclic) bond motifs is 1. The molecule has 2 fully saturated rings. The number of aliphatic hydroxyl groups excluding tert-OH is 1. The average molecular weight is 330 g/mol. The smallest absolute Gasteiger partial charge is 0.183 e. The molecule has 1 unspecified atom stereocenters. The molecule has 0 aliphatic heterocycles. The Labute approximate surface area is 143 Å². The van der Waals surface area contributed by atoms with Gasteiger partial charge in [0.2, 0.25) is 0 Å². The van der Waals surface area contributed by atoms with E-state index in [4.69, 9.17) is 0 Å². The Balaban J connectivity index is 2.27. The van der Waals surface area contributed by atoms with Gasteiger partial charge in [-0.3, -0.25) is 14.4 Å². The van der Waals surface area contributed by atoms with Crippen molar-refractivity contribution in [3.8, 4) is 0 Å². The molecule has 0 aromatic rings. The van der Waals surface area contributed by atoms with Crippen molar-refractivity contribution < 1.29 is 19.5 Å². The molecule has 3 rings (SSSR count). The average Bonchev–Trinajstić information content (AvgIpc) is 2.85. The van der Waals surface area contributed by atoms with Crippen LogP contribution < -0.4 is 0 Å². The molecular formula is C20H26O4. The summed E-state index contributed by atoms with van der Waals surface area (Å²) < 4.78 is 0. The van der Waals surface area contributed by atoms with Gasteiger partial charge in [-0.25, -0.2) is 0 Å². The molecule has 0 heterocycles. The summed E-state index contributed by atoms with van der Waals surface area (Å²) in [7, 11) is 0. The van der Waals surface area contributed by atoms with Crippen molar-refractivity contribution in [2.75, 3.05) is 0 Å². The Morgan fingerprint density at radius 1 is 1.21 bits per heavy atom. The van der Waals surface area contributed by atoms with Crippen molar-refractivity contribution in [1.29, 1.82) is 0 Å². The molecule has 0 radical (unpaired) electrons. The van der Waals surface area contributed by atoms with Gasteiger partial charge in [-0.15, -0.1) is 0 Å². The van der Waals surface area contributed by atoms with Crippen LogP contribution in [0.5, 0.6) is 0 Å². The van der Waals surface area contributed by atoms with Gasteiger partial charge in [-0.1, -0.05) is 25.5 Å². The minimum absolute atomic E-state index is 0.116. The number of allylic oxidation sites excluding steroid dienone is 4. The fourth-order valence-corrected chi connectivity index (χ4v) is 5.25. The minimum atomic E-state index is -1.10. The predicted octanol–water partition coefficient (Wildman–Crippen LogP) is 3.71. The van der Waals surface area contributed by atoms with Gasteiger partial charge in [0.15, 0.2) is 17.3 Å². The standard InChI is InChI=1S/C20H26O4/c1-11(2)6-7-19-10-13-18(4,5)8-9-20(13,17(19)24)16(23)14(12(3)21)15(19)22/h6,13,22H,7-10H2,1-5H3/t13-,19+,20?/m1/s1. The molecule has 2 saturated carbocycles. The summed E-state index contributed by atoms with van der Waals surface area (Å²) in [6.07, 6.45) is 4.03. The lowest BCUT2D eigenvalue weighted by molar-refractivity contribution is -0.144. The Morgan fingerprint density at radius 3 is 2.38 bits per heavy atom. The molecule has 3 aliphatic carbocycles. The molecule has 0 aromatic carbocycles. The van der Waals surface area contributed by atoms with Crippen LogP contribution in [0.25, 0.3) is 0 Å². The second kappa shape index (κ2) is 4.90. The highest BCUT2D eigenvalue weighted by atomic mass is 16.3. The molecule has 1 N–H and O–H groups in total. The van der Waals surface area contributed by atoms with Gasteiger partial charge < -0.3 is 5.11 Å². The van der Waals surface area contributed by atoms with Crippen molar-refractivity contribution >= 4 is 17.3 Å². The Kier molecular flexibility index (Phi) is 3.50. The van der Waals surface area contributed by atoms with Crippen LogP contribution in [-0.2, 0) is 14.4 Å². The fraction of sp³-hybridized carbons (Fsp3) is 0.650. The molecule has 0 saturated heterocycles. The van der Waals surface area contributed by atoms with E-state index in [1.54, 1.807) is 0 Å². The quantitative estimate of drug-likeness (QED) is 0.486. The lowest BCUT2D eigenvalue weighted by Crippen LogP contribution is -2.49. The van der Waals surface area contributed by atoms with Crippen molar-refractivity contribution in [2.24, 2.45) is 22.2 Å². The first-order valence-corrected chi connectivity index (χ1v) is 8.68. The van der Waals surface area contributed by atoms with Gasteiger partial charge in [0.05, 0.1) is 16.4 Å². The third-order valence-corrected chi connectivity index (χ3v) is 6.63. The van der Waals surface area contributed by atoms with Crippen molar-refractivity contribution in [3.05, 3.63) is 23.0 Å². The summed E-state index contributed by atoms with van der Waals surface area (Å²) in [5, 5.41) is 10.8. The van der Waals surface area contributed by atoms with E-state index >= 15 is 0 Å². The zero-order valence-electron chi connectivity index (χ0n) is 15.2. The van der Waals surface area contributed by atoms with Crippen molar-refractivity contribution in [1.82, 2.24) is 0 Å². The Bertz CT molecular complexity index is 720. The molecule has 24 heavy (non-hydrogen) atoms. The van der Waals surface area contributed by atoms with Crippen LogP contribution in [0.3, 0.4) is 0 Å². The number of ketones is 3. The summed E-state index contributed by atoms with van der Waals surface area (Å²) in [6.45, 7) is 9.37. The molecule has 4 heteroatoms. The number of hydrogen-bond donors (Lipinski definition) is 1. The van der Waals surface area contributed by atoms with Crippen LogP contribution in [0.2, 0.25) is 0 Å². The van der Waals surface area contributed by atoms with Crippen LogP contribution in [0.4, 0.5) is 0 Å². The molecule has 0 aromatic heterocycles. The van der Waals surface area contributed by atoms with Gasteiger partial charge >= 0.3 is 0 Å². The largest absolute Gasteiger partial charge is 0.510 e. The predicted molar refractivity (Wildman–Crippen MR) is 90.4 cm³/mol. The van der Waals surface area contributed by atoms with E-state index in [0.717, 1.165) is 12.0 Å². The lowest BCUT2D eigenvalue weighted by Gasteiger charge is -2.36. The topological polar surface area (TPSA) is 71.4 Å². The highest BCUT2D eigenvalue weighted by Gasteiger charge is 2.75. The van der Waals surface area contributed by atoms with Crippen molar-refractivity contribution in [2.45, 2.75) is 60.3 Å². The molecule has 0 amide bonds. The third kappa shape index (κ3) is 1.83. The zero-order chi connectivity index (χ0) is 18.1. The van der Waals surface area contributed by atoms with Gasteiger partial charge in [-0.05, 0) is 57.8 Å². The normalized spacial score (nSPS) is 36.8. The molecule has 4 nitrogen and oxygen atoms in total. The molecule has 3 atom stereocenters. The van der Waals surface area contributed by atoms with Crippen LogP contribution in [0.1, 0.15) is 60.3 Å². The number of hydrogen-bond acceptors (Lipinski definition) is 4. The number of rotatable bonds is 3. The monoisotopic (exact) mass is 330 g/mol. The van der Waals surface area contributed by atoms with Gasteiger partial charge in [0.1, 0.15) is 5.76 Å². The summed E-state index contributed by atoms with van der Waals surface area (Å²) in [5.74, 6) is -1.42. The highest BCUT2D eigenvalue weighted by Crippen LogP contribution is 2.70. The van der Waals surface area contributed by atoms with E-state index in [-0.39, 0.29) is 28.4 Å². The summed E-state index contributed by atoms with van der Waals surface area (Å²) in [4.78, 5) is 38.7. The molecular weight excluding hydrogens is 304 g/mol. The maximum atomic E-state index is 13.4. The highest BCUT2D eigenvalue weighted by molar-refractivity contribution is 6.31. The first kappa shape index (κ1) is 17.1. The number of aliphatic hydroxyl groups is 1. The maximum absolute atomic E-state index is 13.4. The van der Waals surface area contributed by atoms with Crippen LogP contribution in [0.15, 0.2) is 23.0 Å². The van der Waals surface area contributed by atoms with E-state index in [1.807, 2.05) is 19.9 Å². The molecule has 1 spiro atoms. The first-order chi connectivity index (χ1) is 11.0. The van der Waals surface area contributed by atoms with E-state index in [2.05, 4.69) is 13.8 Å². The lowest BCUT2D eigenvalue weighted by atomic mass is 9.63. The van der Waals surface area contributed by atoms with Gasteiger partial charge in [0.25, 0.3) is 0 Å². The van der Waals surface area contributed by atoms with Gasteiger partial charge in [-0.2, -0.15) is 0 Å². The second-order valence-electron chi connectivity index (χ2n) is 8.72. The zero-order valence-corrected chi connectivity index (χ0v) is 15.2. The summed E-state index contributed by atoms with van der Waals surface area (Å²) in [5.41, 5.74) is -1.43. The number of carbonyl (C=O) groups excluding carboxylic acids is 3. The van der Waals surface area contributed by atoms with Crippen LogP contribution in [-0.4, -0.2) is 22.5 Å². The third-order valence-electron chi connectivity index (χ3n) is 6.63. The Hall–Kier alpha value is -1.71. The van der Waals surface area contributed by atoms with E-state index in [0.29, 0.717) is 19.3 Å². The van der Waals surface area contributed by atoms with E-state index in [9.17, 15) is 19.5 Å². The van der Waals surface area contributed by atoms with Crippen molar-refractivity contribution in [3.63, 3.8) is 0 Å². The van der Waals surface area contributed by atoms with E-state index < -0.39 is 22.4 Å². The first-order valence-electron chi connectivity index (χ1n) is 8.68. The summed E-state index contributed by atoms with van der Waals surface area (Å²) >= 11 is 0. The van der Waals surface area contributed by atoms with Crippen LogP contribution in [0, 0.1) is 22.2 Å². The van der Waals surface area contributed by atoms with Gasteiger partial charge in [0, 0.05) is 0 Å². The molecule has 2 bridgehead atoms. The Morgan fingerprint density at radius 2 is 1.83 bits per heavy atom. The summed E-state index contributed by atoms with van der Waals surface area (Å²) in [6, 6.07) is 0. The van der Waals surface area contributed by atoms with E-state index in [1.165, 1.54) is 6.92 Å². The minimum Gasteiger partial charge on any atom is -0.510 e. The molecule has 130 valence electrons. The fourth-order valence-electron chi connectivity index (χ4n) is 5.25. The SMILES string of the molecule is CC(=O)C1=C(O)[C@]2(CC=C(C)C)C[C@@H]3C(C)(C)CCC3(C1=O)C2=O. The number of Topliss-reactive ketones (excluding diaryl/α,β-unsaturated/α-hetero) is 3. The maximum Gasteiger partial charge on any atom is 0.183 e. The molecule has 3 aliphatic rings. The van der Waals surface area contributed by atoms with Crippen LogP contribution >= 0.6 is 0 Å². The number of carbonyl (C=O) groups is 3. The second-order valence-corrected chi connectivity index (χ2v) is 8.72.